The molecule has 0 bridgehead atoms. The molecule has 1 aromatic carbocycles. The van der Waals surface area contributed by atoms with Gasteiger partial charge in [0.05, 0.1) is 0 Å². The topological polar surface area (TPSA) is 42.4 Å². The number of piperidine rings is 1. The monoisotopic (exact) mass is 312 g/mol. The molecule has 0 N–H and O–H groups in total. The van der Waals surface area contributed by atoms with Crippen molar-refractivity contribution in [2.75, 3.05) is 19.7 Å². The second kappa shape index (κ2) is 6.57. The average molecular weight is 312 g/mol. The Hall–Kier alpha value is -2.10. The normalized spacial score (nSPS) is 21.4. The van der Waals surface area contributed by atoms with E-state index in [-0.39, 0.29) is 12.5 Å². The Morgan fingerprint density at radius 3 is 2.70 bits per heavy atom. The fourth-order valence-corrected chi connectivity index (χ4v) is 3.43. The van der Waals surface area contributed by atoms with Gasteiger partial charge in [-0.25, -0.2) is 4.98 Å². The van der Waals surface area contributed by atoms with Gasteiger partial charge in [-0.2, -0.15) is 0 Å². The van der Waals surface area contributed by atoms with Gasteiger partial charge in [-0.1, -0.05) is 32.0 Å². The summed E-state index contributed by atoms with van der Waals surface area (Å²) < 4.78 is 5.81. The van der Waals surface area contributed by atoms with Crippen LogP contribution in [0.25, 0.3) is 10.9 Å². The number of hydrogen-bond donors (Lipinski definition) is 0. The number of pyridine rings is 1. The number of carbonyl (C=O) groups is 1. The summed E-state index contributed by atoms with van der Waals surface area (Å²) in [5.74, 6) is 1.86. The molecule has 1 saturated heterocycles. The Kier molecular flexibility index (Phi) is 4.51. The molecule has 0 aliphatic carbocycles. The van der Waals surface area contributed by atoms with E-state index in [9.17, 15) is 4.79 Å². The van der Waals surface area contributed by atoms with E-state index in [0.717, 1.165) is 29.7 Å². The molecule has 3 rings (SSSR count). The van der Waals surface area contributed by atoms with Crippen LogP contribution in [0.3, 0.4) is 0 Å². The van der Waals surface area contributed by atoms with E-state index in [0.29, 0.717) is 17.6 Å². The molecule has 1 aliphatic rings. The van der Waals surface area contributed by atoms with Crippen molar-refractivity contribution in [1.82, 2.24) is 9.88 Å². The molecule has 0 saturated carbocycles. The van der Waals surface area contributed by atoms with Gasteiger partial charge >= 0.3 is 0 Å². The van der Waals surface area contributed by atoms with Crippen LogP contribution in [0.15, 0.2) is 30.3 Å². The van der Waals surface area contributed by atoms with Gasteiger partial charge in [-0.3, -0.25) is 4.79 Å². The zero-order valence-corrected chi connectivity index (χ0v) is 14.1. The third-order valence-corrected chi connectivity index (χ3v) is 4.40. The van der Waals surface area contributed by atoms with E-state index in [1.807, 2.05) is 42.2 Å². The molecule has 4 heteroatoms. The lowest BCUT2D eigenvalue weighted by Crippen LogP contribution is -2.44. The van der Waals surface area contributed by atoms with Crippen molar-refractivity contribution < 1.29 is 9.53 Å². The van der Waals surface area contributed by atoms with Crippen LogP contribution in [0.5, 0.6) is 5.75 Å². The maximum Gasteiger partial charge on any atom is 0.260 e. The van der Waals surface area contributed by atoms with Gasteiger partial charge in [0, 0.05) is 24.2 Å². The highest BCUT2D eigenvalue weighted by Crippen LogP contribution is 2.25. The fraction of sp³-hybridized carbons (Fsp3) is 0.474. The Labute approximate surface area is 137 Å². The summed E-state index contributed by atoms with van der Waals surface area (Å²) >= 11 is 0. The van der Waals surface area contributed by atoms with Crippen molar-refractivity contribution in [3.63, 3.8) is 0 Å². The van der Waals surface area contributed by atoms with Crippen LogP contribution in [0.2, 0.25) is 0 Å². The molecule has 2 heterocycles. The quantitative estimate of drug-likeness (QED) is 0.872. The first-order valence-electron chi connectivity index (χ1n) is 8.30. The summed E-state index contributed by atoms with van der Waals surface area (Å²) in [7, 11) is 0. The Balaban J connectivity index is 1.71. The van der Waals surface area contributed by atoms with Crippen molar-refractivity contribution >= 4 is 16.8 Å². The third kappa shape index (κ3) is 3.63. The first kappa shape index (κ1) is 15.8. The smallest absolute Gasteiger partial charge is 0.260 e. The molecule has 0 spiro atoms. The molecule has 1 fully saturated rings. The van der Waals surface area contributed by atoms with Crippen LogP contribution in [0.1, 0.15) is 26.0 Å². The van der Waals surface area contributed by atoms with E-state index in [2.05, 4.69) is 18.8 Å². The summed E-state index contributed by atoms with van der Waals surface area (Å²) in [6.45, 7) is 8.10. The number of benzene rings is 1. The average Bonchev–Trinajstić information content (AvgIpc) is 2.51. The molecule has 0 radical (unpaired) electrons. The zero-order chi connectivity index (χ0) is 16.4. The van der Waals surface area contributed by atoms with Crippen molar-refractivity contribution in [1.29, 1.82) is 0 Å². The predicted octanol–water partition coefficient (Wildman–Crippen LogP) is 3.43. The number of amides is 1. The number of hydrogen-bond acceptors (Lipinski definition) is 3. The molecule has 4 nitrogen and oxygen atoms in total. The third-order valence-electron chi connectivity index (χ3n) is 4.40. The Morgan fingerprint density at radius 2 is 1.96 bits per heavy atom. The fourth-order valence-electron chi connectivity index (χ4n) is 3.43. The van der Waals surface area contributed by atoms with Gasteiger partial charge in [0.25, 0.3) is 5.91 Å². The van der Waals surface area contributed by atoms with Gasteiger partial charge in [0.2, 0.25) is 0 Å². The maximum atomic E-state index is 12.4. The molecule has 0 unspecified atom stereocenters. The summed E-state index contributed by atoms with van der Waals surface area (Å²) in [5, 5.41) is 1.03. The SMILES string of the molecule is Cc1ccc2cccc(OCC(=O)N3C[C@H](C)C[C@H](C)C3)c2n1. The number of aromatic nitrogens is 1. The van der Waals surface area contributed by atoms with E-state index >= 15 is 0 Å². The minimum absolute atomic E-state index is 0.0630. The second-order valence-electron chi connectivity index (χ2n) is 6.81. The predicted molar refractivity (Wildman–Crippen MR) is 91.5 cm³/mol. The molecule has 122 valence electrons. The molecule has 1 aromatic heterocycles. The van der Waals surface area contributed by atoms with Gasteiger partial charge in [-0.15, -0.1) is 0 Å². The zero-order valence-electron chi connectivity index (χ0n) is 14.1. The number of likely N-dealkylation sites (tertiary alicyclic amines) is 1. The van der Waals surface area contributed by atoms with Crippen LogP contribution in [0.4, 0.5) is 0 Å². The number of fused-ring (bicyclic) bond motifs is 1. The first-order chi connectivity index (χ1) is 11.0. The molecule has 1 amide bonds. The molecule has 2 aromatic rings. The van der Waals surface area contributed by atoms with Crippen LogP contribution >= 0.6 is 0 Å². The molecular weight excluding hydrogens is 288 g/mol. The maximum absolute atomic E-state index is 12.4. The molecular formula is C19H24N2O2. The van der Waals surface area contributed by atoms with E-state index < -0.39 is 0 Å². The molecule has 1 aliphatic heterocycles. The highest BCUT2D eigenvalue weighted by Gasteiger charge is 2.25. The minimum Gasteiger partial charge on any atom is -0.481 e. The van der Waals surface area contributed by atoms with Crippen molar-refractivity contribution in [2.24, 2.45) is 11.8 Å². The van der Waals surface area contributed by atoms with E-state index in [1.54, 1.807) is 0 Å². The van der Waals surface area contributed by atoms with Gasteiger partial charge in [0.1, 0.15) is 11.3 Å². The van der Waals surface area contributed by atoms with Crippen LogP contribution in [-0.4, -0.2) is 35.5 Å². The lowest BCUT2D eigenvalue weighted by atomic mass is 9.92. The highest BCUT2D eigenvalue weighted by molar-refractivity contribution is 5.85. The summed E-state index contributed by atoms with van der Waals surface area (Å²) in [4.78, 5) is 18.9. The van der Waals surface area contributed by atoms with Gasteiger partial charge < -0.3 is 9.64 Å². The Morgan fingerprint density at radius 1 is 1.22 bits per heavy atom. The van der Waals surface area contributed by atoms with E-state index in [4.69, 9.17) is 4.74 Å². The summed E-state index contributed by atoms with van der Waals surface area (Å²) in [5.41, 5.74) is 1.76. The largest absolute Gasteiger partial charge is 0.481 e. The standard InChI is InChI=1S/C19H24N2O2/c1-13-9-14(2)11-21(10-13)18(22)12-23-17-6-4-5-16-8-7-15(3)20-19(16)17/h4-8,13-14H,9-12H2,1-3H3/t13-,14+. The first-order valence-corrected chi connectivity index (χ1v) is 8.30. The summed E-state index contributed by atoms with van der Waals surface area (Å²) in [6, 6.07) is 9.83. The molecule has 2 atom stereocenters. The number of rotatable bonds is 3. The number of para-hydroxylation sites is 1. The highest BCUT2D eigenvalue weighted by atomic mass is 16.5. The molecule has 23 heavy (non-hydrogen) atoms. The van der Waals surface area contributed by atoms with Crippen LogP contribution in [-0.2, 0) is 4.79 Å². The number of nitrogens with zero attached hydrogens (tertiary/aromatic N) is 2. The van der Waals surface area contributed by atoms with Crippen molar-refractivity contribution in [3.8, 4) is 5.75 Å². The number of ether oxygens (including phenoxy) is 1. The van der Waals surface area contributed by atoms with Crippen molar-refractivity contribution in [3.05, 3.63) is 36.0 Å². The van der Waals surface area contributed by atoms with Gasteiger partial charge in [0.15, 0.2) is 6.61 Å². The lowest BCUT2D eigenvalue weighted by molar-refractivity contribution is -0.136. The number of aryl methyl sites for hydroxylation is 1. The lowest BCUT2D eigenvalue weighted by Gasteiger charge is -2.34. The van der Waals surface area contributed by atoms with Crippen LogP contribution < -0.4 is 4.74 Å². The van der Waals surface area contributed by atoms with E-state index in [1.165, 1.54) is 6.42 Å². The minimum atomic E-state index is 0.0630. The number of carbonyl (C=O) groups excluding carboxylic acids is 1. The Bertz CT molecular complexity index is 704. The van der Waals surface area contributed by atoms with Gasteiger partial charge in [-0.05, 0) is 37.3 Å². The van der Waals surface area contributed by atoms with Crippen LogP contribution in [0, 0.1) is 18.8 Å². The summed E-state index contributed by atoms with van der Waals surface area (Å²) in [6.07, 6.45) is 1.19. The van der Waals surface area contributed by atoms with Crippen molar-refractivity contribution in [2.45, 2.75) is 27.2 Å². The second-order valence-corrected chi connectivity index (χ2v) is 6.81.